The number of hydrogen-bond donors (Lipinski definition) is 1. The highest BCUT2D eigenvalue weighted by molar-refractivity contribution is 7.10. The molecule has 0 saturated heterocycles. The number of nitrogens with one attached hydrogen (secondary N) is 1. The molecular formula is C13H18ClN3OS. The maximum atomic E-state index is 6.39. The van der Waals surface area contributed by atoms with Gasteiger partial charge in [-0.05, 0) is 31.8 Å². The zero-order valence-electron chi connectivity index (χ0n) is 11.5. The summed E-state index contributed by atoms with van der Waals surface area (Å²) in [6.07, 6.45) is 1.75. The summed E-state index contributed by atoms with van der Waals surface area (Å²) in [4.78, 5) is 1.09. The first-order valence-electron chi connectivity index (χ1n) is 6.14. The van der Waals surface area contributed by atoms with Crippen LogP contribution in [0.15, 0.2) is 11.6 Å². The monoisotopic (exact) mass is 299 g/mol. The van der Waals surface area contributed by atoms with Gasteiger partial charge in [-0.2, -0.15) is 5.10 Å². The van der Waals surface area contributed by atoms with Gasteiger partial charge in [0.25, 0.3) is 0 Å². The largest absolute Gasteiger partial charge is 0.493 e. The number of hydrogen-bond acceptors (Lipinski definition) is 4. The van der Waals surface area contributed by atoms with Gasteiger partial charge in [0.2, 0.25) is 0 Å². The molecule has 0 saturated carbocycles. The van der Waals surface area contributed by atoms with Crippen LogP contribution in [0.1, 0.15) is 29.1 Å². The van der Waals surface area contributed by atoms with E-state index in [4.69, 9.17) is 16.3 Å². The van der Waals surface area contributed by atoms with Gasteiger partial charge >= 0.3 is 0 Å². The SMILES string of the molecule is CCn1ncc(OC)c1C(NC)c1scc(C)c1Cl. The van der Waals surface area contributed by atoms with Gasteiger partial charge in [-0.1, -0.05) is 11.6 Å². The number of aryl methyl sites for hydroxylation is 2. The van der Waals surface area contributed by atoms with Crippen molar-refractivity contribution in [2.75, 3.05) is 14.2 Å². The third kappa shape index (κ3) is 2.50. The van der Waals surface area contributed by atoms with Crippen LogP contribution in [-0.4, -0.2) is 23.9 Å². The van der Waals surface area contributed by atoms with Crippen LogP contribution in [0.25, 0.3) is 0 Å². The standard InChI is InChI=1S/C13H18ClN3OS/c1-5-17-12(9(18-4)6-16-17)11(15-3)13-10(14)8(2)7-19-13/h6-7,11,15H,5H2,1-4H3. The minimum atomic E-state index is -0.0106. The molecule has 0 radical (unpaired) electrons. The molecule has 0 aliphatic heterocycles. The second-order valence-electron chi connectivity index (χ2n) is 4.23. The Kier molecular flexibility index (Phi) is 4.50. The Morgan fingerprint density at radius 1 is 1.58 bits per heavy atom. The number of methoxy groups -OCH3 is 1. The van der Waals surface area contributed by atoms with Crippen LogP contribution in [-0.2, 0) is 6.54 Å². The highest BCUT2D eigenvalue weighted by Gasteiger charge is 2.25. The Hall–Kier alpha value is -1.04. The summed E-state index contributed by atoms with van der Waals surface area (Å²) in [6.45, 7) is 4.87. The summed E-state index contributed by atoms with van der Waals surface area (Å²) in [7, 11) is 3.58. The molecule has 0 bridgehead atoms. The molecule has 104 valence electrons. The third-order valence-corrected chi connectivity index (χ3v) is 4.89. The van der Waals surface area contributed by atoms with Gasteiger partial charge < -0.3 is 10.1 Å². The minimum Gasteiger partial charge on any atom is -0.493 e. The van der Waals surface area contributed by atoms with Crippen LogP contribution in [0.4, 0.5) is 0 Å². The second kappa shape index (κ2) is 5.94. The second-order valence-corrected chi connectivity index (χ2v) is 5.52. The lowest BCUT2D eigenvalue weighted by Crippen LogP contribution is -2.21. The quantitative estimate of drug-likeness (QED) is 0.921. The lowest BCUT2D eigenvalue weighted by Gasteiger charge is -2.18. The van der Waals surface area contributed by atoms with Gasteiger partial charge in [0.15, 0.2) is 5.75 Å². The molecule has 1 unspecified atom stereocenters. The minimum absolute atomic E-state index is 0.0106. The number of thiophene rings is 1. The average Bonchev–Trinajstić information content (AvgIpc) is 2.98. The van der Waals surface area contributed by atoms with Crippen molar-refractivity contribution in [2.24, 2.45) is 0 Å². The average molecular weight is 300 g/mol. The van der Waals surface area contributed by atoms with Crippen LogP contribution in [0, 0.1) is 6.92 Å². The highest BCUT2D eigenvalue weighted by Crippen LogP contribution is 2.38. The van der Waals surface area contributed by atoms with Crippen molar-refractivity contribution in [3.05, 3.63) is 32.7 Å². The van der Waals surface area contributed by atoms with E-state index in [9.17, 15) is 0 Å². The fourth-order valence-corrected chi connectivity index (χ4v) is 3.53. The summed E-state index contributed by atoms with van der Waals surface area (Å²) >= 11 is 8.04. The van der Waals surface area contributed by atoms with Gasteiger partial charge in [0, 0.05) is 11.4 Å². The normalized spacial score (nSPS) is 12.7. The van der Waals surface area contributed by atoms with E-state index in [1.807, 2.05) is 18.7 Å². The summed E-state index contributed by atoms with van der Waals surface area (Å²) in [5.41, 5.74) is 2.11. The lowest BCUT2D eigenvalue weighted by molar-refractivity contribution is 0.401. The van der Waals surface area contributed by atoms with Crippen LogP contribution in [0.3, 0.4) is 0 Å². The van der Waals surface area contributed by atoms with E-state index in [0.29, 0.717) is 0 Å². The van der Waals surface area contributed by atoms with E-state index >= 15 is 0 Å². The van der Waals surface area contributed by atoms with E-state index in [0.717, 1.165) is 33.5 Å². The van der Waals surface area contributed by atoms with Crippen molar-refractivity contribution in [1.29, 1.82) is 0 Å². The molecule has 19 heavy (non-hydrogen) atoms. The van der Waals surface area contributed by atoms with Crippen LogP contribution in [0.2, 0.25) is 5.02 Å². The van der Waals surface area contributed by atoms with Gasteiger partial charge in [-0.25, -0.2) is 0 Å². The first kappa shape index (κ1) is 14.4. The molecule has 2 aromatic rings. The molecule has 0 aliphatic carbocycles. The van der Waals surface area contributed by atoms with Crippen molar-refractivity contribution in [1.82, 2.24) is 15.1 Å². The van der Waals surface area contributed by atoms with E-state index in [1.54, 1.807) is 24.6 Å². The predicted molar refractivity (Wildman–Crippen MR) is 79.4 cm³/mol. The number of aromatic nitrogens is 2. The van der Waals surface area contributed by atoms with Crippen LogP contribution in [0.5, 0.6) is 5.75 Å². The number of halogens is 1. The molecule has 0 aliphatic rings. The maximum Gasteiger partial charge on any atom is 0.161 e. The molecule has 1 atom stereocenters. The molecule has 6 heteroatoms. The molecule has 0 fully saturated rings. The molecule has 4 nitrogen and oxygen atoms in total. The molecule has 2 heterocycles. The van der Waals surface area contributed by atoms with Crippen molar-refractivity contribution in [3.63, 3.8) is 0 Å². The molecule has 0 aromatic carbocycles. The van der Waals surface area contributed by atoms with Crippen molar-refractivity contribution < 1.29 is 4.74 Å². The van der Waals surface area contributed by atoms with Crippen molar-refractivity contribution >= 4 is 22.9 Å². The van der Waals surface area contributed by atoms with E-state index < -0.39 is 0 Å². The Balaban J connectivity index is 2.53. The van der Waals surface area contributed by atoms with E-state index in [2.05, 4.69) is 22.7 Å². The van der Waals surface area contributed by atoms with Gasteiger partial charge in [0.1, 0.15) is 5.69 Å². The van der Waals surface area contributed by atoms with E-state index in [1.165, 1.54) is 0 Å². The number of rotatable bonds is 5. The molecular weight excluding hydrogens is 282 g/mol. The van der Waals surface area contributed by atoms with Crippen LogP contribution >= 0.6 is 22.9 Å². The summed E-state index contributed by atoms with van der Waals surface area (Å²) < 4.78 is 7.35. The Morgan fingerprint density at radius 3 is 2.79 bits per heavy atom. The Morgan fingerprint density at radius 2 is 2.32 bits per heavy atom. The van der Waals surface area contributed by atoms with Gasteiger partial charge in [0.05, 0.1) is 24.4 Å². The predicted octanol–water partition coefficient (Wildman–Crippen LogP) is 3.24. The molecule has 2 aromatic heterocycles. The third-order valence-electron chi connectivity index (χ3n) is 3.11. The number of ether oxygens (including phenoxy) is 1. The zero-order chi connectivity index (χ0) is 14.0. The van der Waals surface area contributed by atoms with Gasteiger partial charge in [-0.3, -0.25) is 4.68 Å². The number of nitrogens with zero attached hydrogens (tertiary/aromatic N) is 2. The summed E-state index contributed by atoms with van der Waals surface area (Å²) in [5.74, 6) is 0.781. The zero-order valence-corrected chi connectivity index (χ0v) is 13.1. The highest BCUT2D eigenvalue weighted by atomic mass is 35.5. The Labute approximate surface area is 122 Å². The van der Waals surface area contributed by atoms with Crippen molar-refractivity contribution in [3.8, 4) is 5.75 Å². The van der Waals surface area contributed by atoms with Gasteiger partial charge in [-0.15, -0.1) is 11.3 Å². The van der Waals surface area contributed by atoms with Crippen molar-refractivity contribution in [2.45, 2.75) is 26.4 Å². The first-order chi connectivity index (χ1) is 9.13. The smallest absolute Gasteiger partial charge is 0.161 e. The first-order valence-corrected chi connectivity index (χ1v) is 7.40. The molecule has 0 amide bonds. The molecule has 2 rings (SSSR count). The van der Waals surface area contributed by atoms with Crippen LogP contribution < -0.4 is 10.1 Å². The Bertz CT molecular complexity index is 543. The lowest BCUT2D eigenvalue weighted by atomic mass is 10.1. The summed E-state index contributed by atoms with van der Waals surface area (Å²) in [5, 5.41) is 10.5. The topological polar surface area (TPSA) is 39.1 Å². The molecule has 1 N–H and O–H groups in total. The summed E-state index contributed by atoms with van der Waals surface area (Å²) in [6, 6.07) is -0.0106. The fourth-order valence-electron chi connectivity index (χ4n) is 2.11. The fraction of sp³-hybridized carbons (Fsp3) is 0.462. The molecule has 0 spiro atoms. The van der Waals surface area contributed by atoms with E-state index in [-0.39, 0.29) is 6.04 Å². The maximum absolute atomic E-state index is 6.39.